The summed E-state index contributed by atoms with van der Waals surface area (Å²) in [6, 6.07) is 3.77. The Kier molecular flexibility index (Phi) is 14.4. The predicted octanol–water partition coefficient (Wildman–Crippen LogP) is 8.17. The number of benzene rings is 1. The van der Waals surface area contributed by atoms with Crippen LogP contribution in [0.25, 0.3) is 0 Å². The lowest BCUT2D eigenvalue weighted by Crippen LogP contribution is -2.43. The lowest BCUT2D eigenvalue weighted by molar-refractivity contribution is -0.169. The van der Waals surface area contributed by atoms with E-state index in [0.29, 0.717) is 0 Å². The molecule has 1 rings (SSSR count). The van der Waals surface area contributed by atoms with Crippen LogP contribution in [0.5, 0.6) is 5.75 Å². The molecular weight excluding hydrogens is 443 g/mol. The molecule has 0 fully saturated rings. The van der Waals surface area contributed by atoms with Crippen molar-refractivity contribution in [1.29, 1.82) is 0 Å². The van der Waals surface area contributed by atoms with Gasteiger partial charge < -0.3 is 9.29 Å². The third-order valence-corrected chi connectivity index (χ3v) is 5.01. The zero-order valence-electron chi connectivity index (χ0n) is 19.1. The summed E-state index contributed by atoms with van der Waals surface area (Å²) in [7, 11) is 1.00. The third-order valence-electron chi connectivity index (χ3n) is 3.98. The van der Waals surface area contributed by atoms with E-state index in [1.807, 2.05) is 67.5 Å². The molecule has 1 atom stereocenters. The van der Waals surface area contributed by atoms with Crippen LogP contribution in [-0.2, 0) is 0 Å². The first-order chi connectivity index (χ1) is 13.7. The molecule has 1 N–H and O–H groups in total. The van der Waals surface area contributed by atoms with Gasteiger partial charge in [-0.3, -0.25) is 0 Å². The number of aliphatic hydroxyl groups is 1. The van der Waals surface area contributed by atoms with Crippen LogP contribution in [0.4, 0.5) is 22.0 Å². The van der Waals surface area contributed by atoms with Crippen LogP contribution >= 0.6 is 24.7 Å². The molecular formula is C21H35F5O2S2. The molecule has 0 amide bonds. The Labute approximate surface area is 187 Å². The molecule has 2 nitrogen and oxygen atoms in total. The molecule has 0 radical (unpaired) electrons. The largest absolute Gasteiger partial charge is 0.422 e. The van der Waals surface area contributed by atoms with E-state index in [4.69, 9.17) is 9.29 Å². The van der Waals surface area contributed by atoms with Gasteiger partial charge in [0, 0.05) is 7.11 Å². The average Bonchev–Trinajstić information content (AvgIpc) is 2.67. The summed E-state index contributed by atoms with van der Waals surface area (Å²) in [6.45, 7) is 15.6. The van der Waals surface area contributed by atoms with Gasteiger partial charge in [-0.05, 0) is 34.4 Å². The number of hydrogen-bond donors (Lipinski definition) is 2. The first-order valence-electron chi connectivity index (χ1n) is 9.77. The molecule has 178 valence electrons. The van der Waals surface area contributed by atoms with Gasteiger partial charge >= 0.3 is 11.2 Å². The molecule has 0 bridgehead atoms. The number of rotatable bonds is 8. The second-order valence-electron chi connectivity index (χ2n) is 7.15. The topological polar surface area (TPSA) is 29.5 Å². The number of halogens is 5. The van der Waals surface area contributed by atoms with Gasteiger partial charge in [-0.15, -0.1) is 0 Å². The zero-order valence-corrected chi connectivity index (χ0v) is 20.8. The Bertz CT molecular complexity index is 589. The summed E-state index contributed by atoms with van der Waals surface area (Å²) in [6.07, 6.45) is 0. The molecule has 0 aromatic heterocycles. The lowest BCUT2D eigenvalue weighted by atomic mass is 9.88. The Morgan fingerprint density at radius 1 is 0.867 bits per heavy atom. The number of hydrogen-bond acceptors (Lipinski definition) is 4. The Balaban J connectivity index is 0. The number of alkyl halides is 5. The van der Waals surface area contributed by atoms with Crippen molar-refractivity contribution in [1.82, 2.24) is 0 Å². The fourth-order valence-corrected chi connectivity index (χ4v) is 3.12. The molecule has 9 heteroatoms. The minimum absolute atomic E-state index is 0.0216. The van der Waals surface area contributed by atoms with Crippen LogP contribution in [0.2, 0.25) is 0 Å². The average molecular weight is 479 g/mol. The first kappa shape index (κ1) is 31.5. The van der Waals surface area contributed by atoms with E-state index >= 15 is 0 Å². The summed E-state index contributed by atoms with van der Waals surface area (Å²) in [5.74, 6) is -4.52. The van der Waals surface area contributed by atoms with Crippen molar-refractivity contribution in [2.45, 2.75) is 89.8 Å². The van der Waals surface area contributed by atoms with E-state index in [2.05, 4.69) is 12.6 Å². The van der Waals surface area contributed by atoms with Crippen molar-refractivity contribution in [3.63, 3.8) is 0 Å². The van der Waals surface area contributed by atoms with Gasteiger partial charge in [0.25, 0.3) is 5.50 Å². The second-order valence-corrected chi connectivity index (χ2v) is 8.49. The zero-order chi connectivity index (χ0) is 24.4. The van der Waals surface area contributed by atoms with Crippen molar-refractivity contribution in [3.8, 4) is 5.75 Å². The quantitative estimate of drug-likeness (QED) is 0.224. The Hall–Kier alpha value is -0.670. The maximum Gasteiger partial charge on any atom is 0.362 e. The maximum atomic E-state index is 13.8. The molecule has 0 saturated heterocycles. The molecule has 1 aromatic carbocycles. The van der Waals surface area contributed by atoms with Crippen LogP contribution in [-0.4, -0.2) is 28.9 Å². The minimum Gasteiger partial charge on any atom is -0.422 e. The maximum absolute atomic E-state index is 13.8. The first-order valence-corrected chi connectivity index (χ1v) is 11.0. The van der Waals surface area contributed by atoms with Crippen molar-refractivity contribution in [3.05, 3.63) is 28.8 Å². The normalized spacial score (nSPS) is 12.9. The molecule has 0 spiro atoms. The highest BCUT2D eigenvalue weighted by Crippen LogP contribution is 2.46. The van der Waals surface area contributed by atoms with Crippen LogP contribution < -0.4 is 4.18 Å². The van der Waals surface area contributed by atoms with E-state index in [1.165, 1.54) is 0 Å². The molecule has 0 saturated carbocycles. The van der Waals surface area contributed by atoms with Gasteiger partial charge in [0.15, 0.2) is 0 Å². The minimum atomic E-state index is -4.96. The SMILES string of the molecule is CC.CC(C)c1cc(C(C)C)c(OSC(F)C(F)(F)C(F)(F)S)c(C(C)C)c1.CO. The van der Waals surface area contributed by atoms with Crippen molar-refractivity contribution in [2.24, 2.45) is 0 Å². The molecule has 30 heavy (non-hydrogen) atoms. The van der Waals surface area contributed by atoms with Gasteiger partial charge in [0.1, 0.15) is 17.8 Å². The molecule has 0 aliphatic heterocycles. The molecule has 0 heterocycles. The summed E-state index contributed by atoms with van der Waals surface area (Å²) in [5, 5.41) is 2.21. The fraction of sp³-hybridized carbons (Fsp3) is 0.714. The Morgan fingerprint density at radius 3 is 1.50 bits per heavy atom. The van der Waals surface area contributed by atoms with Crippen molar-refractivity contribution >= 4 is 24.7 Å². The van der Waals surface area contributed by atoms with Gasteiger partial charge in [-0.2, -0.15) is 17.6 Å². The smallest absolute Gasteiger partial charge is 0.362 e. The summed E-state index contributed by atoms with van der Waals surface area (Å²) < 4.78 is 71.6. The monoisotopic (exact) mass is 478 g/mol. The van der Waals surface area contributed by atoms with Gasteiger partial charge in [0.05, 0.1) is 0 Å². The standard InChI is InChI=1S/C18H25F5OS2.C2H6.CH4O/c1-9(2)12-7-13(10(3)4)15(14(8-12)11(5)6)24-26-16(19)17(20,21)18(22,23)25;2*1-2/h7-11,16,25H,1-6H3;1-2H3;2H,1H3. The summed E-state index contributed by atoms with van der Waals surface area (Å²) >= 11 is 2.20. The predicted molar refractivity (Wildman–Crippen MR) is 120 cm³/mol. The van der Waals surface area contributed by atoms with E-state index in [-0.39, 0.29) is 35.5 Å². The highest BCUT2D eigenvalue weighted by molar-refractivity contribution is 7.95. The highest BCUT2D eigenvalue weighted by Gasteiger charge is 2.61. The van der Waals surface area contributed by atoms with Crippen LogP contribution in [0, 0.1) is 0 Å². The molecule has 1 unspecified atom stereocenters. The van der Waals surface area contributed by atoms with E-state index < -0.39 is 16.7 Å². The molecule has 0 aliphatic rings. The van der Waals surface area contributed by atoms with Gasteiger partial charge in [0.2, 0.25) is 0 Å². The molecule has 0 aliphatic carbocycles. The number of aliphatic hydroxyl groups excluding tert-OH is 1. The van der Waals surface area contributed by atoms with Crippen LogP contribution in [0.3, 0.4) is 0 Å². The lowest BCUT2D eigenvalue weighted by Gasteiger charge is -2.26. The molecule has 1 aromatic rings. The summed E-state index contributed by atoms with van der Waals surface area (Å²) in [5.41, 5.74) is -0.778. The third kappa shape index (κ3) is 8.46. The van der Waals surface area contributed by atoms with Crippen molar-refractivity contribution in [2.75, 3.05) is 7.11 Å². The van der Waals surface area contributed by atoms with E-state index in [1.54, 1.807) is 0 Å². The van der Waals surface area contributed by atoms with Crippen LogP contribution in [0.15, 0.2) is 12.1 Å². The van der Waals surface area contributed by atoms with E-state index in [9.17, 15) is 22.0 Å². The number of thiol groups is 1. The van der Waals surface area contributed by atoms with Crippen molar-refractivity contribution < 1.29 is 31.2 Å². The summed E-state index contributed by atoms with van der Waals surface area (Å²) in [4.78, 5) is 0. The second kappa shape index (κ2) is 13.7. The van der Waals surface area contributed by atoms with Gasteiger partial charge in [-0.1, -0.05) is 80.2 Å². The highest BCUT2D eigenvalue weighted by atomic mass is 32.2. The van der Waals surface area contributed by atoms with Crippen LogP contribution in [0.1, 0.15) is 89.8 Å². The fourth-order valence-electron chi connectivity index (χ4n) is 2.27. The van der Waals surface area contributed by atoms with Gasteiger partial charge in [-0.25, -0.2) is 4.39 Å². The van der Waals surface area contributed by atoms with E-state index in [0.717, 1.165) is 23.8 Å². The Morgan fingerprint density at radius 2 is 1.23 bits per heavy atom.